The van der Waals surface area contributed by atoms with Crippen LogP contribution < -0.4 is 0 Å². The van der Waals surface area contributed by atoms with Gasteiger partial charge < -0.3 is 9.47 Å². The van der Waals surface area contributed by atoms with Crippen LogP contribution in [-0.2, 0) is 30.3 Å². The smallest absolute Gasteiger partial charge is 0.317 e. The molecule has 0 bridgehead atoms. The predicted molar refractivity (Wildman–Crippen MR) is 76.6 cm³/mol. The van der Waals surface area contributed by atoms with Crippen molar-refractivity contribution in [3.63, 3.8) is 0 Å². The minimum atomic E-state index is -1.11. The van der Waals surface area contributed by atoms with Gasteiger partial charge in [-0.25, -0.2) is 0 Å². The van der Waals surface area contributed by atoms with Crippen molar-refractivity contribution < 1.29 is 23.9 Å². The van der Waals surface area contributed by atoms with Crippen molar-refractivity contribution in [2.45, 2.75) is 26.7 Å². The van der Waals surface area contributed by atoms with Crippen molar-refractivity contribution >= 4 is 17.7 Å². The third kappa shape index (κ3) is 5.38. The maximum absolute atomic E-state index is 12.3. The molecule has 0 amide bonds. The van der Waals surface area contributed by atoms with Gasteiger partial charge in [-0.1, -0.05) is 29.8 Å². The lowest BCUT2D eigenvalue weighted by molar-refractivity contribution is -0.157. The Hall–Kier alpha value is -2.17. The van der Waals surface area contributed by atoms with Crippen LogP contribution in [-0.4, -0.2) is 31.4 Å². The number of methoxy groups -OCH3 is 1. The van der Waals surface area contributed by atoms with E-state index < -0.39 is 17.9 Å². The minimum absolute atomic E-state index is 0.0841. The van der Waals surface area contributed by atoms with Crippen molar-refractivity contribution in [2.75, 3.05) is 13.7 Å². The summed E-state index contributed by atoms with van der Waals surface area (Å²) in [6.45, 7) is 3.76. The van der Waals surface area contributed by atoms with Crippen LogP contribution in [0.5, 0.6) is 0 Å². The number of aryl methyl sites for hydroxylation is 1. The second kappa shape index (κ2) is 8.19. The predicted octanol–water partition coefficient (Wildman–Crippen LogP) is 1.85. The van der Waals surface area contributed by atoms with E-state index in [2.05, 4.69) is 4.74 Å². The molecule has 0 fully saturated rings. The number of ketones is 1. The van der Waals surface area contributed by atoms with Crippen LogP contribution in [0.2, 0.25) is 0 Å². The molecule has 0 aliphatic carbocycles. The Morgan fingerprint density at radius 3 is 2.29 bits per heavy atom. The topological polar surface area (TPSA) is 69.7 Å². The molecule has 0 aliphatic rings. The Balaban J connectivity index is 2.80. The number of rotatable bonds is 7. The van der Waals surface area contributed by atoms with E-state index in [1.165, 1.54) is 7.11 Å². The van der Waals surface area contributed by atoms with E-state index in [9.17, 15) is 14.4 Å². The van der Waals surface area contributed by atoms with Gasteiger partial charge in [-0.3, -0.25) is 14.4 Å². The van der Waals surface area contributed by atoms with Crippen LogP contribution >= 0.6 is 0 Å². The summed E-state index contributed by atoms with van der Waals surface area (Å²) >= 11 is 0. The zero-order valence-electron chi connectivity index (χ0n) is 12.5. The molecule has 114 valence electrons. The molecule has 0 spiro atoms. The molecule has 1 unspecified atom stereocenters. The zero-order valence-corrected chi connectivity index (χ0v) is 12.5. The van der Waals surface area contributed by atoms with E-state index in [1.54, 1.807) is 6.92 Å². The van der Waals surface area contributed by atoms with Gasteiger partial charge in [0.15, 0.2) is 5.78 Å². The maximum Gasteiger partial charge on any atom is 0.317 e. The van der Waals surface area contributed by atoms with Crippen molar-refractivity contribution in [1.29, 1.82) is 0 Å². The molecule has 0 N–H and O–H groups in total. The standard InChI is InChI=1S/C16H20O5/c1-4-21-16(19)13(10-15(18)20-3)14(17)9-12-7-5-11(2)6-8-12/h5-8,13H,4,9-10H2,1-3H3. The van der Waals surface area contributed by atoms with E-state index in [-0.39, 0.29) is 25.2 Å². The molecule has 0 aromatic heterocycles. The fraction of sp³-hybridized carbons (Fsp3) is 0.438. The summed E-state index contributed by atoms with van der Waals surface area (Å²) in [6, 6.07) is 7.44. The SMILES string of the molecule is CCOC(=O)C(CC(=O)OC)C(=O)Cc1ccc(C)cc1. The molecular formula is C16H20O5. The van der Waals surface area contributed by atoms with Crippen LogP contribution in [0.4, 0.5) is 0 Å². The first-order chi connectivity index (χ1) is 9.97. The minimum Gasteiger partial charge on any atom is -0.469 e. The number of Topliss-reactive ketones (excluding diaryl/α,β-unsaturated/α-hetero) is 1. The van der Waals surface area contributed by atoms with Crippen molar-refractivity contribution in [2.24, 2.45) is 5.92 Å². The van der Waals surface area contributed by atoms with Crippen molar-refractivity contribution in [1.82, 2.24) is 0 Å². The summed E-state index contributed by atoms with van der Waals surface area (Å²) < 4.78 is 9.39. The Kier molecular flexibility index (Phi) is 6.59. The first kappa shape index (κ1) is 16.9. The Bertz CT molecular complexity index is 504. The van der Waals surface area contributed by atoms with Gasteiger partial charge in [-0.15, -0.1) is 0 Å². The molecule has 1 aromatic carbocycles. The molecule has 5 nitrogen and oxygen atoms in total. The van der Waals surface area contributed by atoms with E-state index in [4.69, 9.17) is 4.74 Å². The quantitative estimate of drug-likeness (QED) is 0.566. The molecule has 0 saturated heterocycles. The number of ether oxygens (including phenoxy) is 2. The van der Waals surface area contributed by atoms with Gasteiger partial charge in [0.05, 0.1) is 20.1 Å². The van der Waals surface area contributed by atoms with E-state index in [1.807, 2.05) is 31.2 Å². The molecule has 0 aliphatic heterocycles. The molecule has 0 saturated carbocycles. The number of hydrogen-bond donors (Lipinski definition) is 0. The van der Waals surface area contributed by atoms with Crippen LogP contribution in [0.3, 0.4) is 0 Å². The molecular weight excluding hydrogens is 272 g/mol. The summed E-state index contributed by atoms with van der Waals surface area (Å²) in [7, 11) is 1.22. The summed E-state index contributed by atoms with van der Waals surface area (Å²) in [5.74, 6) is -2.74. The largest absolute Gasteiger partial charge is 0.469 e. The van der Waals surface area contributed by atoms with Gasteiger partial charge >= 0.3 is 11.9 Å². The van der Waals surface area contributed by atoms with E-state index in [0.717, 1.165) is 11.1 Å². The maximum atomic E-state index is 12.3. The Morgan fingerprint density at radius 2 is 1.76 bits per heavy atom. The van der Waals surface area contributed by atoms with Crippen LogP contribution in [0.1, 0.15) is 24.5 Å². The molecule has 1 aromatic rings. The van der Waals surface area contributed by atoms with E-state index in [0.29, 0.717) is 0 Å². The summed E-state index contributed by atoms with van der Waals surface area (Å²) in [5, 5.41) is 0. The van der Waals surface area contributed by atoms with Gasteiger partial charge in [-0.05, 0) is 19.4 Å². The average Bonchev–Trinajstić information content (AvgIpc) is 2.46. The highest BCUT2D eigenvalue weighted by Gasteiger charge is 2.30. The lowest BCUT2D eigenvalue weighted by Crippen LogP contribution is -2.30. The Labute approximate surface area is 124 Å². The number of carbonyl (C=O) groups excluding carboxylic acids is 3. The van der Waals surface area contributed by atoms with Gasteiger partial charge in [0.1, 0.15) is 5.92 Å². The highest BCUT2D eigenvalue weighted by atomic mass is 16.5. The molecule has 0 radical (unpaired) electrons. The number of benzene rings is 1. The fourth-order valence-electron chi connectivity index (χ4n) is 1.85. The summed E-state index contributed by atoms with van der Waals surface area (Å²) in [4.78, 5) is 35.4. The second-order valence-corrected chi connectivity index (χ2v) is 4.71. The highest BCUT2D eigenvalue weighted by molar-refractivity contribution is 6.02. The zero-order chi connectivity index (χ0) is 15.8. The van der Waals surface area contributed by atoms with Crippen LogP contribution in [0.25, 0.3) is 0 Å². The molecule has 21 heavy (non-hydrogen) atoms. The molecule has 1 atom stereocenters. The first-order valence-corrected chi connectivity index (χ1v) is 6.79. The normalized spacial score (nSPS) is 11.6. The number of hydrogen-bond acceptors (Lipinski definition) is 5. The van der Waals surface area contributed by atoms with Crippen molar-refractivity contribution in [3.8, 4) is 0 Å². The molecule has 1 rings (SSSR count). The lowest BCUT2D eigenvalue weighted by Gasteiger charge is -2.13. The first-order valence-electron chi connectivity index (χ1n) is 6.79. The number of carbonyl (C=O) groups is 3. The van der Waals surface area contributed by atoms with Gasteiger partial charge in [0, 0.05) is 6.42 Å². The second-order valence-electron chi connectivity index (χ2n) is 4.71. The van der Waals surface area contributed by atoms with Gasteiger partial charge in [0.2, 0.25) is 0 Å². The fourth-order valence-corrected chi connectivity index (χ4v) is 1.85. The summed E-state index contributed by atoms with van der Waals surface area (Å²) in [6.07, 6.45) is -0.208. The van der Waals surface area contributed by atoms with Crippen molar-refractivity contribution in [3.05, 3.63) is 35.4 Å². The third-order valence-electron chi connectivity index (χ3n) is 3.06. The lowest BCUT2D eigenvalue weighted by atomic mass is 9.94. The molecule has 0 heterocycles. The van der Waals surface area contributed by atoms with Gasteiger partial charge in [0.25, 0.3) is 0 Å². The monoisotopic (exact) mass is 292 g/mol. The van der Waals surface area contributed by atoms with Crippen LogP contribution in [0.15, 0.2) is 24.3 Å². The highest BCUT2D eigenvalue weighted by Crippen LogP contribution is 2.14. The average molecular weight is 292 g/mol. The Morgan fingerprint density at radius 1 is 1.14 bits per heavy atom. The van der Waals surface area contributed by atoms with E-state index >= 15 is 0 Å². The van der Waals surface area contributed by atoms with Crippen LogP contribution in [0, 0.1) is 12.8 Å². The van der Waals surface area contributed by atoms with Gasteiger partial charge in [-0.2, -0.15) is 0 Å². The summed E-state index contributed by atoms with van der Waals surface area (Å²) in [5.41, 5.74) is 1.88. The number of esters is 2. The molecule has 5 heteroatoms. The third-order valence-corrected chi connectivity index (χ3v) is 3.06.